The molecule has 1 saturated heterocycles. The largest absolute Gasteiger partial charge is 0.460 e. The maximum atomic E-state index is 12.9. The number of hydrogen-bond acceptors (Lipinski definition) is 5. The van der Waals surface area contributed by atoms with Crippen LogP contribution in [0.4, 0.5) is 0 Å². The summed E-state index contributed by atoms with van der Waals surface area (Å²) in [5.41, 5.74) is 2.00. The van der Waals surface area contributed by atoms with Gasteiger partial charge in [-0.05, 0) is 39.7 Å². The summed E-state index contributed by atoms with van der Waals surface area (Å²) < 4.78 is 9.07. The van der Waals surface area contributed by atoms with Crippen molar-refractivity contribution in [2.75, 3.05) is 19.6 Å². The molecule has 0 radical (unpaired) electrons. The molecule has 4 heterocycles. The molecule has 0 spiro atoms. The second-order valence-electron chi connectivity index (χ2n) is 8.60. The molecule has 1 aliphatic heterocycles. The number of carbonyl (C=O) groups excluding carboxylic acids is 1. The molecule has 0 bridgehead atoms. The van der Waals surface area contributed by atoms with Crippen molar-refractivity contribution in [1.29, 1.82) is 0 Å². The highest BCUT2D eigenvalue weighted by atomic mass is 16.3. The molecule has 1 unspecified atom stereocenters. The van der Waals surface area contributed by atoms with Crippen molar-refractivity contribution in [2.24, 2.45) is 0 Å². The maximum Gasteiger partial charge on any atom is 0.291 e. The Hall–Kier alpha value is -2.61. The van der Waals surface area contributed by atoms with Crippen LogP contribution in [-0.2, 0) is 17.8 Å². The summed E-state index contributed by atoms with van der Waals surface area (Å²) in [5.74, 6) is 1.65. The van der Waals surface area contributed by atoms with Crippen molar-refractivity contribution in [3.63, 3.8) is 0 Å². The van der Waals surface area contributed by atoms with Gasteiger partial charge in [-0.15, -0.1) is 0 Å². The molecule has 1 atom stereocenters. The number of rotatable bonds is 8. The number of aromatic nitrogens is 3. The molecule has 1 N–H and O–H groups in total. The SMILES string of the molecule is CCc1nn(CCCC(=O)NCCN2CCCCC2C)c(=O)c2cc3oc(C)cc3n12. The van der Waals surface area contributed by atoms with E-state index in [0.717, 1.165) is 30.2 Å². The van der Waals surface area contributed by atoms with Gasteiger partial charge in [0.1, 0.15) is 17.1 Å². The zero-order chi connectivity index (χ0) is 22.0. The lowest BCUT2D eigenvalue weighted by molar-refractivity contribution is -0.121. The second kappa shape index (κ2) is 9.26. The first-order valence-corrected chi connectivity index (χ1v) is 11.5. The highest BCUT2D eigenvalue weighted by Crippen LogP contribution is 2.23. The van der Waals surface area contributed by atoms with E-state index in [1.54, 1.807) is 6.07 Å². The molecule has 4 rings (SSSR count). The lowest BCUT2D eigenvalue weighted by atomic mass is 10.0. The third-order valence-corrected chi connectivity index (χ3v) is 6.31. The maximum absolute atomic E-state index is 12.9. The highest BCUT2D eigenvalue weighted by Gasteiger charge is 2.18. The molecule has 1 aliphatic rings. The monoisotopic (exact) mass is 427 g/mol. The Bertz CT molecular complexity index is 1130. The van der Waals surface area contributed by atoms with Gasteiger partial charge in [-0.1, -0.05) is 13.3 Å². The Balaban J connectivity index is 1.35. The van der Waals surface area contributed by atoms with Gasteiger partial charge in [-0.25, -0.2) is 4.68 Å². The summed E-state index contributed by atoms with van der Waals surface area (Å²) in [6.07, 6.45) is 5.45. The van der Waals surface area contributed by atoms with Gasteiger partial charge in [-0.2, -0.15) is 5.10 Å². The van der Waals surface area contributed by atoms with Crippen LogP contribution in [0.2, 0.25) is 0 Å². The quantitative estimate of drug-likeness (QED) is 0.598. The molecular formula is C23H33N5O3. The fourth-order valence-corrected chi connectivity index (χ4v) is 4.60. The molecule has 8 nitrogen and oxygen atoms in total. The molecular weight excluding hydrogens is 394 g/mol. The lowest BCUT2D eigenvalue weighted by Gasteiger charge is -2.33. The van der Waals surface area contributed by atoms with E-state index in [1.807, 2.05) is 24.3 Å². The molecule has 168 valence electrons. The van der Waals surface area contributed by atoms with Gasteiger partial charge in [0.25, 0.3) is 5.56 Å². The third-order valence-electron chi connectivity index (χ3n) is 6.31. The number of hydrogen-bond donors (Lipinski definition) is 1. The van der Waals surface area contributed by atoms with E-state index in [1.165, 1.54) is 23.9 Å². The van der Waals surface area contributed by atoms with Crippen LogP contribution in [0.15, 0.2) is 21.3 Å². The Kier molecular flexibility index (Phi) is 6.46. The van der Waals surface area contributed by atoms with Gasteiger partial charge in [0, 0.05) is 50.7 Å². The predicted octanol–water partition coefficient (Wildman–Crippen LogP) is 2.88. The topological polar surface area (TPSA) is 84.8 Å². The van der Waals surface area contributed by atoms with Crippen LogP contribution in [0.1, 0.15) is 57.5 Å². The van der Waals surface area contributed by atoms with Crippen LogP contribution in [0, 0.1) is 6.92 Å². The molecule has 1 fully saturated rings. The summed E-state index contributed by atoms with van der Waals surface area (Å²) >= 11 is 0. The van der Waals surface area contributed by atoms with Gasteiger partial charge in [0.2, 0.25) is 5.91 Å². The fourth-order valence-electron chi connectivity index (χ4n) is 4.60. The third kappa shape index (κ3) is 4.54. The van der Waals surface area contributed by atoms with Gasteiger partial charge in [-0.3, -0.25) is 18.9 Å². The van der Waals surface area contributed by atoms with Crippen LogP contribution in [-0.4, -0.2) is 50.7 Å². The number of nitrogens with zero attached hydrogens (tertiary/aromatic N) is 4. The van der Waals surface area contributed by atoms with E-state index in [9.17, 15) is 9.59 Å². The normalized spacial score (nSPS) is 17.6. The van der Waals surface area contributed by atoms with Gasteiger partial charge >= 0.3 is 0 Å². The number of fused-ring (bicyclic) bond motifs is 3. The smallest absolute Gasteiger partial charge is 0.291 e. The summed E-state index contributed by atoms with van der Waals surface area (Å²) in [6.45, 7) is 9.30. The van der Waals surface area contributed by atoms with E-state index in [4.69, 9.17) is 4.42 Å². The molecule has 8 heteroatoms. The van der Waals surface area contributed by atoms with Crippen molar-refractivity contribution >= 4 is 22.5 Å². The molecule has 0 aromatic carbocycles. The Morgan fingerprint density at radius 3 is 2.87 bits per heavy atom. The van der Waals surface area contributed by atoms with Crippen molar-refractivity contribution in [3.05, 3.63) is 34.1 Å². The summed E-state index contributed by atoms with van der Waals surface area (Å²) in [4.78, 5) is 27.6. The first-order chi connectivity index (χ1) is 15.0. The number of nitrogens with one attached hydrogen (secondary N) is 1. The summed E-state index contributed by atoms with van der Waals surface area (Å²) in [5, 5.41) is 7.58. The minimum atomic E-state index is -0.152. The highest BCUT2D eigenvalue weighted by molar-refractivity contribution is 5.83. The number of aryl methyl sites for hydroxylation is 3. The van der Waals surface area contributed by atoms with Gasteiger partial charge in [0.05, 0.1) is 5.52 Å². The zero-order valence-corrected chi connectivity index (χ0v) is 18.8. The molecule has 31 heavy (non-hydrogen) atoms. The first-order valence-electron chi connectivity index (χ1n) is 11.5. The Morgan fingerprint density at radius 1 is 1.26 bits per heavy atom. The van der Waals surface area contributed by atoms with Crippen LogP contribution >= 0.6 is 0 Å². The van der Waals surface area contributed by atoms with Crippen LogP contribution in [0.3, 0.4) is 0 Å². The van der Waals surface area contributed by atoms with Crippen molar-refractivity contribution < 1.29 is 9.21 Å². The molecule has 3 aromatic rings. The average molecular weight is 428 g/mol. The number of carbonyl (C=O) groups is 1. The number of furan rings is 1. The lowest BCUT2D eigenvalue weighted by Crippen LogP contribution is -2.42. The van der Waals surface area contributed by atoms with E-state index in [-0.39, 0.29) is 11.5 Å². The van der Waals surface area contributed by atoms with E-state index < -0.39 is 0 Å². The average Bonchev–Trinajstić information content (AvgIpc) is 3.28. The second-order valence-corrected chi connectivity index (χ2v) is 8.60. The van der Waals surface area contributed by atoms with Crippen LogP contribution < -0.4 is 10.9 Å². The number of likely N-dealkylation sites (tertiary alicyclic amines) is 1. The number of piperidine rings is 1. The van der Waals surface area contributed by atoms with E-state index >= 15 is 0 Å². The zero-order valence-electron chi connectivity index (χ0n) is 18.8. The molecule has 0 saturated carbocycles. The summed E-state index contributed by atoms with van der Waals surface area (Å²) in [7, 11) is 0. The Morgan fingerprint density at radius 2 is 2.10 bits per heavy atom. The number of amides is 1. The van der Waals surface area contributed by atoms with Crippen LogP contribution in [0.5, 0.6) is 0 Å². The predicted molar refractivity (Wildman–Crippen MR) is 120 cm³/mol. The van der Waals surface area contributed by atoms with Crippen molar-refractivity contribution in [1.82, 2.24) is 24.4 Å². The van der Waals surface area contributed by atoms with Crippen LogP contribution in [0.25, 0.3) is 16.6 Å². The van der Waals surface area contributed by atoms with E-state index in [2.05, 4.69) is 22.2 Å². The molecule has 3 aromatic heterocycles. The molecule has 0 aliphatic carbocycles. The van der Waals surface area contributed by atoms with Crippen molar-refractivity contribution in [2.45, 2.75) is 71.9 Å². The first kappa shape index (κ1) is 21.6. The Labute approximate surface area is 182 Å². The van der Waals surface area contributed by atoms with Gasteiger partial charge in [0.15, 0.2) is 5.58 Å². The fraction of sp³-hybridized carbons (Fsp3) is 0.609. The molecule has 1 amide bonds. The van der Waals surface area contributed by atoms with Gasteiger partial charge < -0.3 is 9.73 Å². The minimum absolute atomic E-state index is 0.0326. The minimum Gasteiger partial charge on any atom is -0.460 e. The van der Waals surface area contributed by atoms with Crippen molar-refractivity contribution in [3.8, 4) is 0 Å². The summed E-state index contributed by atoms with van der Waals surface area (Å²) in [6, 6.07) is 4.32. The standard InChI is InChI=1S/C23H33N5O3/c1-4-21-25-27(23(30)19-15-20-18(28(19)21)14-17(3)31-20)12-7-9-22(29)24-10-13-26-11-6-5-8-16(26)2/h14-16H,4-13H2,1-3H3,(H,24,29). The van der Waals surface area contributed by atoms with E-state index in [0.29, 0.717) is 49.5 Å².